The normalized spacial score (nSPS) is 23.6. The number of aliphatic carboxylic acids is 1. The fourth-order valence-electron chi connectivity index (χ4n) is 1.81. The topological polar surface area (TPSA) is 40.5 Å². The Morgan fingerprint density at radius 1 is 1.50 bits per heavy atom. The van der Waals surface area contributed by atoms with Gasteiger partial charge in [0.05, 0.1) is 0 Å². The summed E-state index contributed by atoms with van der Waals surface area (Å²) in [6.07, 6.45) is 2.73. The van der Waals surface area contributed by atoms with E-state index in [9.17, 15) is 9.18 Å². The largest absolute Gasteiger partial charge is 0.481 e. The summed E-state index contributed by atoms with van der Waals surface area (Å²) < 4.78 is 12.9. The molecule has 1 atom stereocenters. The Balaban J connectivity index is 2.03. The number of carbonyl (C=O) groups is 1. The Labute approximate surface area is 83.9 Å². The first kappa shape index (κ1) is 11.4. The molecular formula is C10H18FNO2. The van der Waals surface area contributed by atoms with E-state index in [1.54, 1.807) is 0 Å². The van der Waals surface area contributed by atoms with E-state index in [0.717, 1.165) is 25.9 Å². The Bertz CT molecular complexity index is 187. The van der Waals surface area contributed by atoms with Crippen molar-refractivity contribution in [2.45, 2.75) is 38.3 Å². The average molecular weight is 203 g/mol. The highest BCUT2D eigenvalue weighted by atomic mass is 19.1. The first-order valence-corrected chi connectivity index (χ1v) is 5.26. The van der Waals surface area contributed by atoms with Gasteiger partial charge in [-0.05, 0) is 38.8 Å². The predicted octanol–water partition coefficient (Wildman–Crippen LogP) is 1.68. The van der Waals surface area contributed by atoms with Crippen molar-refractivity contribution >= 4 is 5.97 Å². The Morgan fingerprint density at radius 2 is 2.29 bits per heavy atom. The maximum atomic E-state index is 12.9. The molecule has 0 spiro atoms. The second kappa shape index (κ2) is 5.96. The SMILES string of the molecule is O=C(O)CCCCN1CCC[C@H](F)C1. The van der Waals surface area contributed by atoms with Crippen molar-refractivity contribution in [2.75, 3.05) is 19.6 Å². The highest BCUT2D eigenvalue weighted by Gasteiger charge is 2.18. The van der Waals surface area contributed by atoms with E-state index in [-0.39, 0.29) is 6.42 Å². The standard InChI is InChI=1S/C10H18FNO2/c11-9-4-3-7-12(8-9)6-2-1-5-10(13)14/h9H,1-8H2,(H,13,14)/t9-/m0/s1. The number of likely N-dealkylation sites (tertiary alicyclic amines) is 1. The summed E-state index contributed by atoms with van der Waals surface area (Å²) in [5, 5.41) is 8.42. The molecule has 3 nitrogen and oxygen atoms in total. The number of hydrogen-bond donors (Lipinski definition) is 1. The van der Waals surface area contributed by atoms with E-state index < -0.39 is 12.1 Å². The van der Waals surface area contributed by atoms with Gasteiger partial charge in [0.25, 0.3) is 0 Å². The quantitative estimate of drug-likeness (QED) is 0.691. The summed E-state index contributed by atoms with van der Waals surface area (Å²) in [4.78, 5) is 12.3. The van der Waals surface area contributed by atoms with Crippen LogP contribution in [0.25, 0.3) is 0 Å². The molecule has 14 heavy (non-hydrogen) atoms. The monoisotopic (exact) mass is 203 g/mol. The molecule has 0 aliphatic carbocycles. The molecule has 1 saturated heterocycles. The number of nitrogens with zero attached hydrogens (tertiary/aromatic N) is 1. The van der Waals surface area contributed by atoms with Gasteiger partial charge in [-0.3, -0.25) is 4.79 Å². The predicted molar refractivity (Wildman–Crippen MR) is 52.1 cm³/mol. The van der Waals surface area contributed by atoms with E-state index in [0.29, 0.717) is 19.4 Å². The number of carboxylic acid groups (broad SMARTS) is 1. The molecule has 0 amide bonds. The molecule has 1 aliphatic heterocycles. The van der Waals surface area contributed by atoms with Gasteiger partial charge >= 0.3 is 5.97 Å². The highest BCUT2D eigenvalue weighted by molar-refractivity contribution is 5.66. The summed E-state index contributed by atoms with van der Waals surface area (Å²) >= 11 is 0. The lowest BCUT2D eigenvalue weighted by Crippen LogP contribution is -2.36. The van der Waals surface area contributed by atoms with Gasteiger partial charge in [-0.15, -0.1) is 0 Å². The number of piperidine rings is 1. The summed E-state index contributed by atoms with van der Waals surface area (Å²) in [5.41, 5.74) is 0. The molecule has 1 rings (SSSR count). The lowest BCUT2D eigenvalue weighted by atomic mass is 10.1. The maximum absolute atomic E-state index is 12.9. The van der Waals surface area contributed by atoms with Crippen molar-refractivity contribution in [1.82, 2.24) is 4.90 Å². The summed E-state index contributed by atoms with van der Waals surface area (Å²) in [6.45, 7) is 2.34. The molecule has 1 fully saturated rings. The lowest BCUT2D eigenvalue weighted by molar-refractivity contribution is -0.137. The fraction of sp³-hybridized carbons (Fsp3) is 0.900. The fourth-order valence-corrected chi connectivity index (χ4v) is 1.81. The molecule has 0 unspecified atom stereocenters. The van der Waals surface area contributed by atoms with Crippen LogP contribution in [0, 0.1) is 0 Å². The Morgan fingerprint density at radius 3 is 2.93 bits per heavy atom. The number of alkyl halides is 1. The van der Waals surface area contributed by atoms with E-state index in [2.05, 4.69) is 4.90 Å². The third-order valence-electron chi connectivity index (χ3n) is 2.56. The van der Waals surface area contributed by atoms with Gasteiger partial charge in [-0.1, -0.05) is 0 Å². The summed E-state index contributed by atoms with van der Waals surface area (Å²) in [7, 11) is 0. The summed E-state index contributed by atoms with van der Waals surface area (Å²) in [6, 6.07) is 0. The van der Waals surface area contributed by atoms with Gasteiger partial charge in [0, 0.05) is 13.0 Å². The lowest BCUT2D eigenvalue weighted by Gasteiger charge is -2.28. The van der Waals surface area contributed by atoms with Crippen LogP contribution in [-0.4, -0.2) is 41.8 Å². The van der Waals surface area contributed by atoms with Gasteiger partial charge < -0.3 is 10.0 Å². The molecule has 0 radical (unpaired) electrons. The van der Waals surface area contributed by atoms with Crippen molar-refractivity contribution in [3.63, 3.8) is 0 Å². The molecule has 0 aromatic carbocycles. The first-order valence-electron chi connectivity index (χ1n) is 5.26. The van der Waals surface area contributed by atoms with Crippen LogP contribution in [0.3, 0.4) is 0 Å². The zero-order valence-corrected chi connectivity index (χ0v) is 8.41. The van der Waals surface area contributed by atoms with Crippen molar-refractivity contribution in [1.29, 1.82) is 0 Å². The van der Waals surface area contributed by atoms with Gasteiger partial charge in [-0.2, -0.15) is 0 Å². The van der Waals surface area contributed by atoms with Crippen LogP contribution >= 0.6 is 0 Å². The van der Waals surface area contributed by atoms with Crippen LogP contribution < -0.4 is 0 Å². The zero-order valence-electron chi connectivity index (χ0n) is 8.41. The number of unbranched alkanes of at least 4 members (excludes halogenated alkanes) is 1. The van der Waals surface area contributed by atoms with Crippen molar-refractivity contribution in [3.8, 4) is 0 Å². The molecule has 1 N–H and O–H groups in total. The van der Waals surface area contributed by atoms with Crippen molar-refractivity contribution in [2.24, 2.45) is 0 Å². The molecule has 0 saturated carbocycles. The average Bonchev–Trinajstić information content (AvgIpc) is 2.12. The Kier molecular flexibility index (Phi) is 4.87. The first-order chi connectivity index (χ1) is 6.68. The smallest absolute Gasteiger partial charge is 0.303 e. The molecule has 1 aliphatic rings. The van der Waals surface area contributed by atoms with Gasteiger partial charge in [0.2, 0.25) is 0 Å². The van der Waals surface area contributed by atoms with E-state index >= 15 is 0 Å². The van der Waals surface area contributed by atoms with Crippen LogP contribution in [0.15, 0.2) is 0 Å². The highest BCUT2D eigenvalue weighted by Crippen LogP contribution is 2.13. The minimum atomic E-state index is -0.744. The third kappa shape index (κ3) is 4.56. The van der Waals surface area contributed by atoms with Crippen LogP contribution in [0.1, 0.15) is 32.1 Å². The molecule has 0 bridgehead atoms. The van der Waals surface area contributed by atoms with Crippen LogP contribution in [0.4, 0.5) is 4.39 Å². The van der Waals surface area contributed by atoms with Gasteiger partial charge in [0.1, 0.15) is 6.17 Å². The van der Waals surface area contributed by atoms with Crippen LogP contribution in [0.2, 0.25) is 0 Å². The van der Waals surface area contributed by atoms with E-state index in [1.807, 2.05) is 0 Å². The second-order valence-corrected chi connectivity index (χ2v) is 3.89. The molecule has 0 aromatic heterocycles. The van der Waals surface area contributed by atoms with E-state index in [1.165, 1.54) is 0 Å². The zero-order chi connectivity index (χ0) is 10.4. The maximum Gasteiger partial charge on any atom is 0.303 e. The van der Waals surface area contributed by atoms with Gasteiger partial charge in [0.15, 0.2) is 0 Å². The minimum Gasteiger partial charge on any atom is -0.481 e. The van der Waals surface area contributed by atoms with Crippen molar-refractivity contribution < 1.29 is 14.3 Å². The van der Waals surface area contributed by atoms with Gasteiger partial charge in [-0.25, -0.2) is 4.39 Å². The Hall–Kier alpha value is -0.640. The molecule has 0 aromatic rings. The summed E-state index contributed by atoms with van der Waals surface area (Å²) in [5.74, 6) is -0.744. The number of rotatable bonds is 5. The van der Waals surface area contributed by atoms with E-state index in [4.69, 9.17) is 5.11 Å². The number of halogens is 1. The third-order valence-corrected chi connectivity index (χ3v) is 2.56. The molecule has 4 heteroatoms. The molecular weight excluding hydrogens is 185 g/mol. The molecule has 1 heterocycles. The van der Waals surface area contributed by atoms with Crippen molar-refractivity contribution in [3.05, 3.63) is 0 Å². The second-order valence-electron chi connectivity index (χ2n) is 3.89. The van der Waals surface area contributed by atoms with Crippen LogP contribution in [-0.2, 0) is 4.79 Å². The number of hydrogen-bond acceptors (Lipinski definition) is 2. The van der Waals surface area contributed by atoms with Crippen LogP contribution in [0.5, 0.6) is 0 Å². The minimum absolute atomic E-state index is 0.229. The number of carboxylic acids is 1. The molecule has 82 valence electrons.